The molecule has 35 heavy (non-hydrogen) atoms. The summed E-state index contributed by atoms with van der Waals surface area (Å²) >= 11 is 0. The standard InChI is InChI=1S/C31H50O4/c1-20(2)7-6-8-21(3)26-11-12-27-25-10-9-22-17-23(35-29(32)34-19-24-18-33-24)13-15-30(22,4)28(25)14-16-31(26,27)5/h9,20-21,23-28H,6-8,10-19H2,1-5H3/t21-,23+,24?,25+,26-,27+,28+,30+,31-/m1/s1. The summed E-state index contributed by atoms with van der Waals surface area (Å²) in [6.45, 7) is 13.5. The SMILES string of the molecule is CC(C)CCC[C@@H](C)[C@H]1CC[C@H]2[C@@H]3CC=C4C[C@@H](OC(=O)OCC5CO5)CC[C@]4(C)[C@H]3CC[C@]12C. The molecular formula is C31H50O4. The Bertz CT molecular complexity index is 800. The minimum Gasteiger partial charge on any atom is -0.431 e. The zero-order chi connectivity index (χ0) is 24.8. The van der Waals surface area contributed by atoms with E-state index in [2.05, 4.69) is 40.7 Å². The number of ether oxygens (including phenoxy) is 3. The van der Waals surface area contributed by atoms with E-state index in [0.29, 0.717) is 18.6 Å². The van der Waals surface area contributed by atoms with Crippen molar-refractivity contribution in [1.29, 1.82) is 0 Å². The molecule has 1 unspecified atom stereocenters. The molecule has 4 nitrogen and oxygen atoms in total. The fourth-order valence-corrected chi connectivity index (χ4v) is 9.25. The zero-order valence-corrected chi connectivity index (χ0v) is 23.0. The van der Waals surface area contributed by atoms with Crippen LogP contribution in [0.2, 0.25) is 0 Å². The van der Waals surface area contributed by atoms with Crippen LogP contribution in [0.15, 0.2) is 11.6 Å². The molecule has 5 rings (SSSR count). The van der Waals surface area contributed by atoms with Gasteiger partial charge in [-0.3, -0.25) is 0 Å². The van der Waals surface area contributed by atoms with Crippen LogP contribution in [0.4, 0.5) is 4.79 Å². The minimum atomic E-state index is -0.517. The molecule has 0 N–H and O–H groups in total. The molecule has 4 aliphatic carbocycles. The number of allylic oxidation sites excluding steroid dienone is 1. The van der Waals surface area contributed by atoms with E-state index in [1.54, 1.807) is 5.57 Å². The summed E-state index contributed by atoms with van der Waals surface area (Å²) in [5.41, 5.74) is 2.39. The van der Waals surface area contributed by atoms with Gasteiger partial charge in [0.2, 0.25) is 0 Å². The van der Waals surface area contributed by atoms with Crippen LogP contribution in [0.1, 0.15) is 105 Å². The van der Waals surface area contributed by atoms with Gasteiger partial charge >= 0.3 is 6.16 Å². The normalized spacial score (nSPS) is 43.0. The highest BCUT2D eigenvalue weighted by Gasteiger charge is 2.59. The number of epoxide rings is 1. The smallest absolute Gasteiger partial charge is 0.431 e. The second-order valence-electron chi connectivity index (χ2n) is 13.8. The first-order chi connectivity index (χ1) is 16.7. The molecule has 5 aliphatic rings. The Hall–Kier alpha value is -1.03. The second kappa shape index (κ2) is 10.0. The van der Waals surface area contributed by atoms with Gasteiger partial charge in [0.25, 0.3) is 0 Å². The number of rotatable bonds is 8. The molecule has 1 saturated heterocycles. The third kappa shape index (κ3) is 5.07. The lowest BCUT2D eigenvalue weighted by atomic mass is 9.47. The first-order valence-electron chi connectivity index (χ1n) is 14.8. The molecule has 0 aromatic carbocycles. The molecule has 9 atom stereocenters. The van der Waals surface area contributed by atoms with E-state index in [-0.39, 0.29) is 17.6 Å². The van der Waals surface area contributed by atoms with Crippen molar-refractivity contribution in [2.24, 2.45) is 46.3 Å². The predicted molar refractivity (Wildman–Crippen MR) is 139 cm³/mol. The van der Waals surface area contributed by atoms with Crippen molar-refractivity contribution >= 4 is 6.16 Å². The summed E-state index contributed by atoms with van der Waals surface area (Å²) in [6, 6.07) is 0. The molecule has 4 heteroatoms. The summed E-state index contributed by atoms with van der Waals surface area (Å²) in [7, 11) is 0. The van der Waals surface area contributed by atoms with Crippen molar-refractivity contribution in [3.63, 3.8) is 0 Å². The summed E-state index contributed by atoms with van der Waals surface area (Å²) in [5, 5.41) is 0. The molecule has 0 amide bonds. The van der Waals surface area contributed by atoms with E-state index in [1.807, 2.05) is 0 Å². The maximum absolute atomic E-state index is 12.1. The Balaban J connectivity index is 1.21. The highest BCUT2D eigenvalue weighted by molar-refractivity contribution is 5.60. The predicted octanol–water partition coefficient (Wildman–Crippen LogP) is 7.95. The van der Waals surface area contributed by atoms with Gasteiger partial charge in [-0.2, -0.15) is 0 Å². The minimum absolute atomic E-state index is 0.0325. The second-order valence-corrected chi connectivity index (χ2v) is 13.8. The van der Waals surface area contributed by atoms with Gasteiger partial charge in [-0.05, 0) is 91.3 Å². The van der Waals surface area contributed by atoms with Crippen molar-refractivity contribution in [3.8, 4) is 0 Å². The van der Waals surface area contributed by atoms with Gasteiger partial charge in [0.1, 0.15) is 18.8 Å². The molecule has 198 valence electrons. The van der Waals surface area contributed by atoms with E-state index < -0.39 is 6.16 Å². The molecule has 0 radical (unpaired) electrons. The Morgan fingerprint density at radius 3 is 2.63 bits per heavy atom. The molecule has 3 saturated carbocycles. The number of carbonyl (C=O) groups excluding carboxylic acids is 1. The highest BCUT2D eigenvalue weighted by Crippen LogP contribution is 2.67. The van der Waals surface area contributed by atoms with Gasteiger partial charge in [-0.15, -0.1) is 0 Å². The van der Waals surface area contributed by atoms with Crippen molar-refractivity contribution in [1.82, 2.24) is 0 Å². The molecule has 0 aromatic rings. The fraction of sp³-hybridized carbons (Fsp3) is 0.903. The van der Waals surface area contributed by atoms with Gasteiger partial charge < -0.3 is 14.2 Å². The van der Waals surface area contributed by atoms with E-state index >= 15 is 0 Å². The maximum Gasteiger partial charge on any atom is 0.508 e. The lowest BCUT2D eigenvalue weighted by Gasteiger charge is -2.58. The first kappa shape index (κ1) is 25.6. The third-order valence-corrected chi connectivity index (χ3v) is 11.3. The summed E-state index contributed by atoms with van der Waals surface area (Å²) in [4.78, 5) is 12.1. The molecule has 1 aliphatic heterocycles. The summed E-state index contributed by atoms with van der Waals surface area (Å²) in [6.07, 6.45) is 16.2. The van der Waals surface area contributed by atoms with Gasteiger partial charge in [-0.1, -0.05) is 65.5 Å². The van der Waals surface area contributed by atoms with E-state index in [4.69, 9.17) is 14.2 Å². The Morgan fingerprint density at radius 2 is 1.89 bits per heavy atom. The van der Waals surface area contributed by atoms with Crippen LogP contribution in [-0.2, 0) is 14.2 Å². The first-order valence-corrected chi connectivity index (χ1v) is 14.8. The van der Waals surface area contributed by atoms with Crippen LogP contribution in [0, 0.1) is 46.3 Å². The van der Waals surface area contributed by atoms with Gasteiger partial charge in [0.05, 0.1) is 6.61 Å². The summed E-state index contributed by atoms with van der Waals surface area (Å²) < 4.78 is 16.1. The number of carbonyl (C=O) groups is 1. The molecular weight excluding hydrogens is 436 g/mol. The average Bonchev–Trinajstić information content (AvgIpc) is 3.57. The van der Waals surface area contributed by atoms with Crippen LogP contribution in [0.25, 0.3) is 0 Å². The third-order valence-electron chi connectivity index (χ3n) is 11.3. The molecule has 1 heterocycles. The topological polar surface area (TPSA) is 48.1 Å². The Labute approximate surface area is 213 Å². The van der Waals surface area contributed by atoms with E-state index in [1.165, 1.54) is 51.4 Å². The van der Waals surface area contributed by atoms with Crippen LogP contribution >= 0.6 is 0 Å². The van der Waals surface area contributed by atoms with Gasteiger partial charge in [0, 0.05) is 6.42 Å². The van der Waals surface area contributed by atoms with Crippen LogP contribution in [0.5, 0.6) is 0 Å². The fourth-order valence-electron chi connectivity index (χ4n) is 9.25. The number of hydrogen-bond acceptors (Lipinski definition) is 4. The lowest BCUT2D eigenvalue weighted by molar-refractivity contribution is -0.0618. The molecule has 4 fully saturated rings. The van der Waals surface area contributed by atoms with Gasteiger partial charge in [0.15, 0.2) is 0 Å². The lowest BCUT2D eigenvalue weighted by Crippen LogP contribution is -2.51. The molecule has 0 aromatic heterocycles. The molecule has 0 spiro atoms. The maximum atomic E-state index is 12.1. The van der Waals surface area contributed by atoms with Crippen molar-refractivity contribution in [2.45, 2.75) is 117 Å². The molecule has 0 bridgehead atoms. The van der Waals surface area contributed by atoms with Crippen LogP contribution in [0.3, 0.4) is 0 Å². The largest absolute Gasteiger partial charge is 0.508 e. The zero-order valence-electron chi connectivity index (χ0n) is 23.0. The Kier molecular flexibility index (Phi) is 7.34. The van der Waals surface area contributed by atoms with Crippen LogP contribution < -0.4 is 0 Å². The quantitative estimate of drug-likeness (QED) is 0.198. The average molecular weight is 487 g/mol. The van der Waals surface area contributed by atoms with Crippen molar-refractivity contribution in [2.75, 3.05) is 13.2 Å². The van der Waals surface area contributed by atoms with Crippen molar-refractivity contribution in [3.05, 3.63) is 11.6 Å². The highest BCUT2D eigenvalue weighted by atomic mass is 16.7. The Morgan fingerprint density at radius 1 is 1.09 bits per heavy atom. The number of fused-ring (bicyclic) bond motifs is 5. The van der Waals surface area contributed by atoms with Gasteiger partial charge in [-0.25, -0.2) is 4.79 Å². The van der Waals surface area contributed by atoms with Crippen LogP contribution in [-0.4, -0.2) is 31.6 Å². The van der Waals surface area contributed by atoms with E-state index in [9.17, 15) is 4.79 Å². The number of hydrogen-bond donors (Lipinski definition) is 0. The summed E-state index contributed by atoms with van der Waals surface area (Å²) in [5.74, 6) is 5.14. The monoisotopic (exact) mass is 486 g/mol. The van der Waals surface area contributed by atoms with Crippen molar-refractivity contribution < 1.29 is 19.0 Å². The van der Waals surface area contributed by atoms with E-state index in [0.717, 1.165) is 54.8 Å².